The summed E-state index contributed by atoms with van der Waals surface area (Å²) < 4.78 is 12.0. The van der Waals surface area contributed by atoms with E-state index in [2.05, 4.69) is 41.5 Å². The third-order valence-electron chi connectivity index (χ3n) is 5.87. The van der Waals surface area contributed by atoms with Gasteiger partial charge in [0.2, 0.25) is 0 Å². The van der Waals surface area contributed by atoms with Crippen molar-refractivity contribution in [1.82, 2.24) is 0 Å². The van der Waals surface area contributed by atoms with Crippen LogP contribution in [0.2, 0.25) is 0 Å². The zero-order valence-electron chi connectivity index (χ0n) is 17.3. The molecule has 1 aromatic rings. The van der Waals surface area contributed by atoms with Crippen LogP contribution in [-0.2, 0) is 0 Å². The van der Waals surface area contributed by atoms with Crippen molar-refractivity contribution in [3.63, 3.8) is 0 Å². The monoisotopic (exact) mass is 350 g/mol. The van der Waals surface area contributed by atoms with Crippen molar-refractivity contribution in [1.29, 1.82) is 0 Å². The maximum atomic E-state index is 10.3. The van der Waals surface area contributed by atoms with Crippen molar-refractivity contribution in [2.45, 2.75) is 92.3 Å². The van der Waals surface area contributed by atoms with Crippen molar-refractivity contribution in [3.05, 3.63) is 23.8 Å². The molecule has 3 heteroatoms. The molecule has 0 radical (unpaired) electrons. The fourth-order valence-electron chi connectivity index (χ4n) is 2.88. The van der Waals surface area contributed by atoms with E-state index in [0.29, 0.717) is 6.61 Å². The number of aliphatic hydroxyl groups excluding tert-OH is 1. The molecule has 1 atom stereocenters. The standard InChI is InChI=1S/C22H38O3/c1-8-21(6,9-2)15-18(23)16-24-20-13-12-19(14-17(20)5)25-22(7,10-3)11-4/h12-14,18,23H,8-11,15-16H2,1-7H3. The quantitative estimate of drug-likeness (QED) is 0.539. The second-order valence-corrected chi connectivity index (χ2v) is 7.87. The van der Waals surface area contributed by atoms with Crippen molar-refractivity contribution >= 4 is 0 Å². The van der Waals surface area contributed by atoms with Gasteiger partial charge in [0, 0.05) is 0 Å². The fourth-order valence-corrected chi connectivity index (χ4v) is 2.88. The highest BCUT2D eigenvalue weighted by atomic mass is 16.5. The van der Waals surface area contributed by atoms with Crippen LogP contribution < -0.4 is 9.47 Å². The van der Waals surface area contributed by atoms with E-state index in [1.807, 2.05) is 25.1 Å². The molecule has 25 heavy (non-hydrogen) atoms. The van der Waals surface area contributed by atoms with Gasteiger partial charge in [-0.1, -0.05) is 47.5 Å². The van der Waals surface area contributed by atoms with Gasteiger partial charge in [0.1, 0.15) is 23.7 Å². The molecule has 0 aliphatic carbocycles. The van der Waals surface area contributed by atoms with Crippen molar-refractivity contribution in [3.8, 4) is 11.5 Å². The van der Waals surface area contributed by atoms with E-state index in [4.69, 9.17) is 9.47 Å². The first-order chi connectivity index (χ1) is 11.7. The lowest BCUT2D eigenvalue weighted by Crippen LogP contribution is -2.30. The Morgan fingerprint density at radius 3 is 2.08 bits per heavy atom. The van der Waals surface area contributed by atoms with E-state index >= 15 is 0 Å². The summed E-state index contributed by atoms with van der Waals surface area (Å²) in [5, 5.41) is 10.3. The Hall–Kier alpha value is -1.22. The molecule has 1 rings (SSSR count). The Morgan fingerprint density at radius 1 is 1.00 bits per heavy atom. The predicted molar refractivity (Wildman–Crippen MR) is 106 cm³/mol. The average molecular weight is 351 g/mol. The summed E-state index contributed by atoms with van der Waals surface area (Å²) in [5.41, 5.74) is 1.09. The molecule has 0 amide bonds. The van der Waals surface area contributed by atoms with Crippen LogP contribution in [0, 0.1) is 12.3 Å². The van der Waals surface area contributed by atoms with Gasteiger partial charge in [-0.15, -0.1) is 0 Å². The number of benzene rings is 1. The topological polar surface area (TPSA) is 38.7 Å². The minimum absolute atomic E-state index is 0.129. The highest BCUT2D eigenvalue weighted by Crippen LogP contribution is 2.32. The van der Waals surface area contributed by atoms with E-state index in [1.54, 1.807) is 0 Å². The van der Waals surface area contributed by atoms with Crippen LogP contribution in [0.4, 0.5) is 0 Å². The minimum atomic E-state index is -0.441. The molecule has 0 spiro atoms. The summed E-state index contributed by atoms with van der Waals surface area (Å²) in [6.45, 7) is 15.4. The molecule has 0 saturated heterocycles. The summed E-state index contributed by atoms with van der Waals surface area (Å²) in [5.74, 6) is 1.69. The third kappa shape index (κ3) is 6.54. The predicted octanol–water partition coefficient (Wildman–Crippen LogP) is 5.91. The molecule has 0 aliphatic heterocycles. The van der Waals surface area contributed by atoms with E-state index in [1.165, 1.54) is 0 Å². The van der Waals surface area contributed by atoms with E-state index in [9.17, 15) is 5.11 Å². The van der Waals surface area contributed by atoms with Gasteiger partial charge >= 0.3 is 0 Å². The van der Waals surface area contributed by atoms with Crippen LogP contribution >= 0.6 is 0 Å². The van der Waals surface area contributed by atoms with Crippen LogP contribution in [-0.4, -0.2) is 23.4 Å². The van der Waals surface area contributed by atoms with Crippen LogP contribution in [0.15, 0.2) is 18.2 Å². The highest BCUT2D eigenvalue weighted by molar-refractivity contribution is 5.39. The highest BCUT2D eigenvalue weighted by Gasteiger charge is 2.24. The molecule has 144 valence electrons. The molecule has 0 aromatic heterocycles. The van der Waals surface area contributed by atoms with Gasteiger partial charge in [-0.25, -0.2) is 0 Å². The van der Waals surface area contributed by atoms with Crippen LogP contribution in [0.1, 0.15) is 79.2 Å². The fraction of sp³-hybridized carbons (Fsp3) is 0.727. The lowest BCUT2D eigenvalue weighted by molar-refractivity contribution is 0.0574. The number of aryl methyl sites for hydroxylation is 1. The maximum absolute atomic E-state index is 10.3. The second-order valence-electron chi connectivity index (χ2n) is 7.87. The minimum Gasteiger partial charge on any atom is -0.491 e. The molecule has 0 fully saturated rings. The Morgan fingerprint density at radius 2 is 1.60 bits per heavy atom. The Bertz CT molecular complexity index is 516. The van der Waals surface area contributed by atoms with Gasteiger partial charge in [-0.2, -0.15) is 0 Å². The number of hydrogen-bond acceptors (Lipinski definition) is 3. The molecule has 1 N–H and O–H groups in total. The number of aliphatic hydroxyl groups is 1. The Balaban J connectivity index is 2.66. The lowest BCUT2D eigenvalue weighted by atomic mass is 9.80. The van der Waals surface area contributed by atoms with Crippen molar-refractivity contribution < 1.29 is 14.6 Å². The summed E-state index contributed by atoms with van der Waals surface area (Å²) in [4.78, 5) is 0. The van der Waals surface area contributed by atoms with Crippen LogP contribution in [0.25, 0.3) is 0 Å². The summed E-state index contributed by atoms with van der Waals surface area (Å²) >= 11 is 0. The van der Waals surface area contributed by atoms with Gasteiger partial charge in [-0.3, -0.25) is 0 Å². The van der Waals surface area contributed by atoms with Crippen molar-refractivity contribution in [2.75, 3.05) is 6.61 Å². The largest absolute Gasteiger partial charge is 0.491 e. The molecular weight excluding hydrogens is 312 g/mol. The zero-order valence-corrected chi connectivity index (χ0v) is 17.3. The first kappa shape index (κ1) is 21.8. The molecule has 0 saturated carbocycles. The van der Waals surface area contributed by atoms with Crippen LogP contribution in [0.5, 0.6) is 11.5 Å². The Kier molecular flexibility index (Phi) is 8.27. The SMILES string of the molecule is CCC(C)(CC)CC(O)COc1ccc(OC(C)(CC)CC)cc1C. The van der Waals surface area contributed by atoms with Gasteiger partial charge < -0.3 is 14.6 Å². The molecule has 1 unspecified atom stereocenters. The van der Waals surface area contributed by atoms with Crippen LogP contribution in [0.3, 0.4) is 0 Å². The van der Waals surface area contributed by atoms with Gasteiger partial charge in [0.25, 0.3) is 0 Å². The van der Waals surface area contributed by atoms with E-state index in [-0.39, 0.29) is 11.0 Å². The number of hydrogen-bond donors (Lipinski definition) is 1. The van der Waals surface area contributed by atoms with Gasteiger partial charge in [0.05, 0.1) is 6.10 Å². The summed E-state index contributed by atoms with van der Waals surface area (Å²) in [6, 6.07) is 5.93. The third-order valence-corrected chi connectivity index (χ3v) is 5.87. The smallest absolute Gasteiger partial charge is 0.122 e. The molecule has 0 bridgehead atoms. The zero-order chi connectivity index (χ0) is 19.1. The van der Waals surface area contributed by atoms with Crippen molar-refractivity contribution in [2.24, 2.45) is 5.41 Å². The van der Waals surface area contributed by atoms with Gasteiger partial charge in [-0.05, 0) is 62.3 Å². The van der Waals surface area contributed by atoms with Gasteiger partial charge in [0.15, 0.2) is 0 Å². The first-order valence-electron chi connectivity index (χ1n) is 9.81. The number of rotatable bonds is 11. The normalized spacial score (nSPS) is 13.6. The first-order valence-corrected chi connectivity index (χ1v) is 9.81. The molecule has 0 heterocycles. The van der Waals surface area contributed by atoms with E-state index in [0.717, 1.165) is 49.2 Å². The maximum Gasteiger partial charge on any atom is 0.122 e. The lowest BCUT2D eigenvalue weighted by Gasteiger charge is -2.29. The average Bonchev–Trinajstić information content (AvgIpc) is 2.60. The molecule has 3 nitrogen and oxygen atoms in total. The molecular formula is C22H38O3. The summed E-state index contributed by atoms with van der Waals surface area (Å²) in [7, 11) is 0. The van der Waals surface area contributed by atoms with E-state index < -0.39 is 6.10 Å². The Labute approximate surface area is 154 Å². The molecule has 0 aliphatic rings. The second kappa shape index (κ2) is 9.47. The number of ether oxygens (including phenoxy) is 2. The summed E-state index contributed by atoms with van der Waals surface area (Å²) in [6.07, 6.45) is 4.41. The molecule has 1 aromatic carbocycles.